The second-order valence-electron chi connectivity index (χ2n) is 10.8. The number of thioether (sulfide) groups is 1. The molecule has 1 aliphatic rings. The van der Waals surface area contributed by atoms with Gasteiger partial charge in [-0.3, -0.25) is 14.9 Å². The van der Waals surface area contributed by atoms with Gasteiger partial charge in [0.15, 0.2) is 0 Å². The summed E-state index contributed by atoms with van der Waals surface area (Å²) >= 11 is 1.05. The third kappa shape index (κ3) is 6.52. The van der Waals surface area contributed by atoms with Crippen molar-refractivity contribution in [2.45, 2.75) is 77.9 Å². The summed E-state index contributed by atoms with van der Waals surface area (Å²) in [6.07, 6.45) is 8.91. The van der Waals surface area contributed by atoms with E-state index < -0.39 is 5.25 Å². The molecule has 0 saturated carbocycles. The molecule has 0 radical (unpaired) electrons. The van der Waals surface area contributed by atoms with Crippen LogP contribution in [0.25, 0.3) is 11.0 Å². The number of hydrogen-bond acceptors (Lipinski definition) is 5. The molecular weight excluding hydrogens is 470 g/mol. The average molecular weight is 508 g/mol. The number of hydrogen-bond donors (Lipinski definition) is 1. The third-order valence-corrected chi connectivity index (χ3v) is 7.45. The highest BCUT2D eigenvalue weighted by Crippen LogP contribution is 2.36. The smallest absolute Gasteiger partial charge is 0.286 e. The zero-order chi connectivity index (χ0) is 25.7. The number of unbranched alkanes of at least 4 members (excludes halogenated alkanes) is 2. The third-order valence-electron chi connectivity index (χ3n) is 6.41. The Labute approximate surface area is 218 Å². The second kappa shape index (κ2) is 11.5. The van der Waals surface area contributed by atoms with Crippen molar-refractivity contribution in [2.75, 3.05) is 6.61 Å². The standard InChI is InChI=1S/C30H37NO4S/c1-5-10-24-25(15-14-23-22(18-30(2,3)4)19-35-26(23)24)34-16-8-6-7-11-20-12-9-13-21(17-20)27-28(32)31-29(33)36-27/h9,12-15,17,19,27H,5-8,10-11,16,18H2,1-4H3,(H,31,32,33). The molecule has 192 valence electrons. The molecule has 2 amide bonds. The van der Waals surface area contributed by atoms with E-state index in [-0.39, 0.29) is 16.6 Å². The SMILES string of the molecule is CCCc1c(OCCCCCc2cccc(C3SC(=O)NC3=O)c2)ccc2c(CC(C)(C)C)coc12. The molecule has 0 spiro atoms. The van der Waals surface area contributed by atoms with E-state index >= 15 is 0 Å². The van der Waals surface area contributed by atoms with Gasteiger partial charge in [0.25, 0.3) is 5.24 Å². The number of carbonyl (C=O) groups is 2. The fourth-order valence-electron chi connectivity index (χ4n) is 4.80. The Hall–Kier alpha value is -2.73. The topological polar surface area (TPSA) is 68.5 Å². The highest BCUT2D eigenvalue weighted by Gasteiger charge is 2.32. The number of imide groups is 1. The monoisotopic (exact) mass is 507 g/mol. The van der Waals surface area contributed by atoms with Crippen LogP contribution in [0.15, 0.2) is 47.1 Å². The van der Waals surface area contributed by atoms with Crippen LogP contribution < -0.4 is 10.1 Å². The Balaban J connectivity index is 1.29. The van der Waals surface area contributed by atoms with E-state index in [0.29, 0.717) is 6.61 Å². The van der Waals surface area contributed by atoms with Gasteiger partial charge < -0.3 is 9.15 Å². The molecule has 1 atom stereocenters. The van der Waals surface area contributed by atoms with Gasteiger partial charge in [-0.15, -0.1) is 0 Å². The van der Waals surface area contributed by atoms with Gasteiger partial charge in [-0.05, 0) is 84.5 Å². The fourth-order valence-corrected chi connectivity index (χ4v) is 5.62. The van der Waals surface area contributed by atoms with Crippen molar-refractivity contribution in [1.82, 2.24) is 5.32 Å². The first-order chi connectivity index (χ1) is 17.2. The largest absolute Gasteiger partial charge is 0.493 e. The molecule has 2 heterocycles. The molecule has 1 unspecified atom stereocenters. The lowest BCUT2D eigenvalue weighted by atomic mass is 9.88. The van der Waals surface area contributed by atoms with Crippen LogP contribution in [0.1, 0.15) is 80.9 Å². The van der Waals surface area contributed by atoms with Crippen LogP contribution in [0, 0.1) is 5.41 Å². The molecule has 6 heteroatoms. The minimum atomic E-state index is -0.431. The number of amides is 2. The summed E-state index contributed by atoms with van der Waals surface area (Å²) in [5.41, 5.74) is 5.72. The van der Waals surface area contributed by atoms with E-state index in [1.807, 2.05) is 18.4 Å². The zero-order valence-electron chi connectivity index (χ0n) is 21.8. The molecule has 1 saturated heterocycles. The summed E-state index contributed by atoms with van der Waals surface area (Å²) in [4.78, 5) is 23.5. The van der Waals surface area contributed by atoms with E-state index in [4.69, 9.17) is 9.15 Å². The van der Waals surface area contributed by atoms with Crippen molar-refractivity contribution in [3.05, 3.63) is 64.9 Å². The number of ether oxygens (including phenoxy) is 1. The van der Waals surface area contributed by atoms with Crippen LogP contribution in [-0.4, -0.2) is 17.8 Å². The number of benzene rings is 2. The maximum atomic E-state index is 12.0. The highest BCUT2D eigenvalue weighted by atomic mass is 32.2. The van der Waals surface area contributed by atoms with Crippen LogP contribution in [0.5, 0.6) is 5.75 Å². The Kier molecular flexibility index (Phi) is 8.45. The van der Waals surface area contributed by atoms with Gasteiger partial charge in [-0.25, -0.2) is 0 Å². The minimum Gasteiger partial charge on any atom is -0.493 e. The number of fused-ring (bicyclic) bond motifs is 1. The van der Waals surface area contributed by atoms with Crippen LogP contribution in [-0.2, 0) is 24.1 Å². The quantitative estimate of drug-likeness (QED) is 0.268. The molecule has 4 rings (SSSR count). The summed E-state index contributed by atoms with van der Waals surface area (Å²) in [5.74, 6) is 0.718. The van der Waals surface area contributed by atoms with Crippen LogP contribution in [0.4, 0.5) is 4.79 Å². The molecule has 0 bridgehead atoms. The lowest BCUT2D eigenvalue weighted by molar-refractivity contribution is -0.119. The summed E-state index contributed by atoms with van der Waals surface area (Å²) in [7, 11) is 0. The summed E-state index contributed by atoms with van der Waals surface area (Å²) < 4.78 is 12.3. The highest BCUT2D eigenvalue weighted by molar-refractivity contribution is 8.15. The number of furan rings is 1. The first-order valence-electron chi connectivity index (χ1n) is 13.0. The summed E-state index contributed by atoms with van der Waals surface area (Å²) in [5, 5.41) is 2.87. The maximum absolute atomic E-state index is 12.0. The van der Waals surface area contributed by atoms with E-state index in [0.717, 1.165) is 73.6 Å². The number of rotatable bonds is 11. The molecule has 1 N–H and O–H groups in total. The molecule has 1 fully saturated rings. The summed E-state index contributed by atoms with van der Waals surface area (Å²) in [6, 6.07) is 12.3. The molecule has 0 aliphatic carbocycles. The number of nitrogens with one attached hydrogen (secondary N) is 1. The van der Waals surface area contributed by atoms with Gasteiger partial charge in [0.1, 0.15) is 16.6 Å². The van der Waals surface area contributed by atoms with Crippen molar-refractivity contribution in [3.8, 4) is 5.75 Å². The minimum absolute atomic E-state index is 0.210. The van der Waals surface area contributed by atoms with Gasteiger partial charge in [-0.1, -0.05) is 58.4 Å². The van der Waals surface area contributed by atoms with Crippen molar-refractivity contribution < 1.29 is 18.7 Å². The molecule has 36 heavy (non-hydrogen) atoms. The van der Waals surface area contributed by atoms with Crippen molar-refractivity contribution >= 4 is 33.9 Å². The van der Waals surface area contributed by atoms with Crippen molar-refractivity contribution in [1.29, 1.82) is 0 Å². The Morgan fingerprint density at radius 3 is 2.61 bits per heavy atom. The molecule has 3 aromatic rings. The predicted molar refractivity (Wildman–Crippen MR) is 147 cm³/mol. The van der Waals surface area contributed by atoms with Crippen LogP contribution >= 0.6 is 11.8 Å². The molecule has 1 aromatic heterocycles. The normalized spacial score (nSPS) is 16.1. The predicted octanol–water partition coefficient (Wildman–Crippen LogP) is 7.79. The van der Waals surface area contributed by atoms with Gasteiger partial charge in [0, 0.05) is 10.9 Å². The van der Waals surface area contributed by atoms with E-state index in [9.17, 15) is 9.59 Å². The summed E-state index contributed by atoms with van der Waals surface area (Å²) in [6.45, 7) is 9.62. The van der Waals surface area contributed by atoms with E-state index in [1.165, 1.54) is 22.1 Å². The van der Waals surface area contributed by atoms with Crippen LogP contribution in [0.2, 0.25) is 0 Å². The van der Waals surface area contributed by atoms with Gasteiger partial charge >= 0.3 is 0 Å². The van der Waals surface area contributed by atoms with Crippen molar-refractivity contribution in [3.63, 3.8) is 0 Å². The second-order valence-corrected chi connectivity index (χ2v) is 11.9. The Morgan fingerprint density at radius 2 is 1.89 bits per heavy atom. The van der Waals surface area contributed by atoms with E-state index in [1.54, 1.807) is 0 Å². The lowest BCUT2D eigenvalue weighted by Crippen LogP contribution is -2.20. The van der Waals surface area contributed by atoms with Crippen LogP contribution in [0.3, 0.4) is 0 Å². The molecule has 2 aromatic carbocycles. The molecule has 1 aliphatic heterocycles. The molecular formula is C30H37NO4S. The zero-order valence-corrected chi connectivity index (χ0v) is 22.6. The van der Waals surface area contributed by atoms with Gasteiger partial charge in [0.2, 0.25) is 5.91 Å². The Morgan fingerprint density at radius 1 is 1.06 bits per heavy atom. The first-order valence-corrected chi connectivity index (χ1v) is 13.9. The van der Waals surface area contributed by atoms with Gasteiger partial charge in [0.05, 0.1) is 12.9 Å². The number of carbonyl (C=O) groups excluding carboxylic acids is 2. The van der Waals surface area contributed by atoms with Crippen molar-refractivity contribution in [2.24, 2.45) is 5.41 Å². The van der Waals surface area contributed by atoms with E-state index in [2.05, 4.69) is 57.3 Å². The fraction of sp³-hybridized carbons (Fsp3) is 0.467. The number of aryl methyl sites for hydroxylation is 2. The first kappa shape index (κ1) is 26.3. The van der Waals surface area contributed by atoms with Gasteiger partial charge in [-0.2, -0.15) is 0 Å². The maximum Gasteiger partial charge on any atom is 0.286 e. The lowest BCUT2D eigenvalue weighted by Gasteiger charge is -2.17. The molecule has 5 nitrogen and oxygen atoms in total. The Bertz CT molecular complexity index is 1220. The average Bonchev–Trinajstić information content (AvgIpc) is 3.38.